The Morgan fingerprint density at radius 2 is 1.96 bits per heavy atom. The van der Waals surface area contributed by atoms with Gasteiger partial charge in [0.05, 0.1) is 25.8 Å². The van der Waals surface area contributed by atoms with E-state index in [4.69, 9.17) is 5.73 Å². The van der Waals surface area contributed by atoms with Gasteiger partial charge in [0, 0.05) is 31.8 Å². The smallest absolute Gasteiger partial charge is 0.279 e. The molecule has 1 fully saturated rings. The number of nitrogens with two attached hydrogens (primary N) is 1. The lowest BCUT2D eigenvalue weighted by Crippen LogP contribution is -2.58. The molecule has 1 aliphatic rings. The molecule has 6 N–H and O–H groups in total. The lowest BCUT2D eigenvalue weighted by molar-refractivity contribution is -0.903. The normalized spacial score (nSPS) is 16.6. The SMILES string of the molecule is CC(=O)Nc1cc(N)c(NC(=O)C[N+]2(C)CCNCC2)c(O)c1. The molecule has 8 heteroatoms. The first-order valence-corrected chi connectivity index (χ1v) is 7.53. The van der Waals surface area contributed by atoms with Crippen LogP contribution in [0.1, 0.15) is 6.92 Å². The molecule has 2 rings (SSSR count). The van der Waals surface area contributed by atoms with Crippen molar-refractivity contribution < 1.29 is 19.2 Å². The van der Waals surface area contributed by atoms with Crippen molar-refractivity contribution in [2.45, 2.75) is 6.92 Å². The minimum absolute atomic E-state index is 0.172. The molecule has 1 saturated heterocycles. The number of nitrogens with zero attached hydrogens (tertiary/aromatic N) is 1. The van der Waals surface area contributed by atoms with E-state index in [1.165, 1.54) is 19.1 Å². The number of nitrogen functional groups attached to an aromatic ring is 1. The van der Waals surface area contributed by atoms with E-state index in [1.54, 1.807) is 0 Å². The monoisotopic (exact) mass is 322 g/mol. The van der Waals surface area contributed by atoms with Crippen LogP contribution in [0.2, 0.25) is 0 Å². The number of quaternary nitrogens is 1. The highest BCUT2D eigenvalue weighted by Crippen LogP contribution is 2.33. The van der Waals surface area contributed by atoms with Crippen molar-refractivity contribution >= 4 is 28.9 Å². The van der Waals surface area contributed by atoms with E-state index < -0.39 is 0 Å². The van der Waals surface area contributed by atoms with Crippen LogP contribution in [-0.4, -0.2) is 61.2 Å². The maximum absolute atomic E-state index is 12.3. The average Bonchev–Trinajstić information content (AvgIpc) is 2.42. The van der Waals surface area contributed by atoms with Gasteiger partial charge >= 0.3 is 0 Å². The van der Waals surface area contributed by atoms with E-state index in [9.17, 15) is 14.7 Å². The van der Waals surface area contributed by atoms with Crippen molar-refractivity contribution in [3.8, 4) is 5.75 Å². The summed E-state index contributed by atoms with van der Waals surface area (Å²) in [6.45, 7) is 5.17. The number of carbonyl (C=O) groups excluding carboxylic acids is 2. The Bertz CT molecular complexity index is 588. The third-order valence-corrected chi connectivity index (χ3v) is 3.91. The van der Waals surface area contributed by atoms with Crippen LogP contribution in [-0.2, 0) is 9.59 Å². The van der Waals surface area contributed by atoms with E-state index >= 15 is 0 Å². The number of hydrogen-bond acceptors (Lipinski definition) is 5. The molecule has 0 saturated carbocycles. The summed E-state index contributed by atoms with van der Waals surface area (Å²) in [5.74, 6) is -0.648. The van der Waals surface area contributed by atoms with Crippen LogP contribution in [0, 0.1) is 0 Å². The third kappa shape index (κ3) is 4.57. The van der Waals surface area contributed by atoms with Crippen LogP contribution in [0.25, 0.3) is 0 Å². The molecule has 0 atom stereocenters. The van der Waals surface area contributed by atoms with Crippen molar-refractivity contribution in [2.24, 2.45) is 0 Å². The number of rotatable bonds is 4. The number of nitrogens with one attached hydrogen (secondary N) is 3. The number of phenolic OH excluding ortho intramolecular Hbond substituents is 1. The summed E-state index contributed by atoms with van der Waals surface area (Å²) in [6.07, 6.45) is 0. The summed E-state index contributed by atoms with van der Waals surface area (Å²) < 4.78 is 0.642. The summed E-state index contributed by atoms with van der Waals surface area (Å²) in [5.41, 5.74) is 6.62. The molecule has 2 amide bonds. The summed E-state index contributed by atoms with van der Waals surface area (Å²) in [5, 5.41) is 18.5. The first kappa shape index (κ1) is 17.0. The second-order valence-electron chi connectivity index (χ2n) is 6.16. The number of amides is 2. The van der Waals surface area contributed by atoms with E-state index in [0.717, 1.165) is 26.2 Å². The molecule has 1 aromatic carbocycles. The fourth-order valence-corrected chi connectivity index (χ4v) is 2.68. The molecule has 1 aromatic rings. The molecule has 1 heterocycles. The number of anilines is 3. The lowest BCUT2D eigenvalue weighted by Gasteiger charge is -2.37. The van der Waals surface area contributed by atoms with Gasteiger partial charge in [0.15, 0.2) is 6.54 Å². The fraction of sp³-hybridized carbons (Fsp3) is 0.467. The highest BCUT2D eigenvalue weighted by Gasteiger charge is 2.28. The molecule has 1 aliphatic heterocycles. The first-order chi connectivity index (χ1) is 10.8. The average molecular weight is 322 g/mol. The number of benzene rings is 1. The van der Waals surface area contributed by atoms with E-state index in [2.05, 4.69) is 16.0 Å². The Morgan fingerprint density at radius 3 is 2.52 bits per heavy atom. The fourth-order valence-electron chi connectivity index (χ4n) is 2.68. The second-order valence-corrected chi connectivity index (χ2v) is 6.16. The zero-order valence-corrected chi connectivity index (χ0v) is 13.5. The van der Waals surface area contributed by atoms with Crippen LogP contribution < -0.4 is 21.7 Å². The minimum atomic E-state index is -0.267. The molecule has 8 nitrogen and oxygen atoms in total. The third-order valence-electron chi connectivity index (χ3n) is 3.91. The Labute approximate surface area is 135 Å². The predicted molar refractivity (Wildman–Crippen MR) is 89.1 cm³/mol. The summed E-state index contributed by atoms with van der Waals surface area (Å²) in [7, 11) is 2.03. The largest absolute Gasteiger partial charge is 0.506 e. The molecule has 126 valence electrons. The number of piperazine rings is 1. The van der Waals surface area contributed by atoms with Gasteiger partial charge in [0.25, 0.3) is 5.91 Å². The quantitative estimate of drug-likeness (QED) is 0.302. The molecule has 0 unspecified atom stereocenters. The number of aromatic hydroxyl groups is 1. The van der Waals surface area contributed by atoms with Gasteiger partial charge < -0.3 is 31.3 Å². The minimum Gasteiger partial charge on any atom is -0.506 e. The zero-order valence-electron chi connectivity index (χ0n) is 13.5. The molecule has 0 spiro atoms. The molecule has 0 aromatic heterocycles. The van der Waals surface area contributed by atoms with Gasteiger partial charge in [-0.2, -0.15) is 0 Å². The standard InChI is InChI=1S/C15H23N5O3/c1-10(21)18-11-7-12(16)15(13(22)8-11)19-14(23)9-20(2)5-3-17-4-6-20/h7-8,17H,3-6,9,16H2,1-2H3,(H2-,18,19,21,22,23)/p+1. The highest BCUT2D eigenvalue weighted by molar-refractivity contribution is 5.98. The van der Waals surface area contributed by atoms with Gasteiger partial charge in [-0.1, -0.05) is 0 Å². The van der Waals surface area contributed by atoms with Gasteiger partial charge in [-0.25, -0.2) is 0 Å². The maximum Gasteiger partial charge on any atom is 0.279 e. The van der Waals surface area contributed by atoms with E-state index in [-0.39, 0.29) is 28.9 Å². The van der Waals surface area contributed by atoms with Crippen LogP contribution >= 0.6 is 0 Å². The van der Waals surface area contributed by atoms with Gasteiger partial charge in [-0.05, 0) is 6.07 Å². The van der Waals surface area contributed by atoms with Crippen LogP contribution in [0.4, 0.5) is 17.1 Å². The van der Waals surface area contributed by atoms with E-state index in [1.807, 2.05) is 7.05 Å². The van der Waals surface area contributed by atoms with Crippen LogP contribution in [0.15, 0.2) is 12.1 Å². The van der Waals surface area contributed by atoms with Crippen molar-refractivity contribution in [1.29, 1.82) is 0 Å². The lowest BCUT2D eigenvalue weighted by atomic mass is 10.2. The van der Waals surface area contributed by atoms with Crippen LogP contribution in [0.3, 0.4) is 0 Å². The summed E-state index contributed by atoms with van der Waals surface area (Å²) in [4.78, 5) is 23.3. The van der Waals surface area contributed by atoms with Gasteiger partial charge in [-0.3, -0.25) is 9.59 Å². The number of phenols is 1. The number of carbonyl (C=O) groups is 2. The first-order valence-electron chi connectivity index (χ1n) is 7.53. The second kappa shape index (κ2) is 6.84. The molecule has 0 aliphatic carbocycles. The molecular formula is C15H24N5O3+. The van der Waals surface area contributed by atoms with Gasteiger partial charge in [0.2, 0.25) is 5.91 Å². The maximum atomic E-state index is 12.3. The van der Waals surface area contributed by atoms with Crippen molar-refractivity contribution in [1.82, 2.24) is 5.32 Å². The number of likely N-dealkylation sites (N-methyl/N-ethyl adjacent to an activating group) is 1. The van der Waals surface area contributed by atoms with Gasteiger partial charge in [-0.15, -0.1) is 0 Å². The molecule has 0 bridgehead atoms. The van der Waals surface area contributed by atoms with Crippen molar-refractivity contribution in [3.05, 3.63) is 12.1 Å². The molecular weight excluding hydrogens is 298 g/mol. The molecule has 0 radical (unpaired) electrons. The Morgan fingerprint density at radius 1 is 1.30 bits per heavy atom. The Balaban J connectivity index is 2.07. The summed E-state index contributed by atoms with van der Waals surface area (Å²) in [6, 6.07) is 2.85. The van der Waals surface area contributed by atoms with Crippen molar-refractivity contribution in [3.63, 3.8) is 0 Å². The topological polar surface area (TPSA) is 116 Å². The van der Waals surface area contributed by atoms with Crippen molar-refractivity contribution in [2.75, 3.05) is 56.1 Å². The Kier molecular flexibility index (Phi) is 5.07. The predicted octanol–water partition coefficient (Wildman–Crippen LogP) is -0.0789. The van der Waals surface area contributed by atoms with Gasteiger partial charge in [0.1, 0.15) is 11.4 Å². The number of hydrogen-bond donors (Lipinski definition) is 5. The molecule has 23 heavy (non-hydrogen) atoms. The Hall–Kier alpha value is -2.32. The van der Waals surface area contributed by atoms with Crippen LogP contribution in [0.5, 0.6) is 5.75 Å². The zero-order chi connectivity index (χ0) is 17.0. The highest BCUT2D eigenvalue weighted by atomic mass is 16.3. The summed E-state index contributed by atoms with van der Waals surface area (Å²) >= 11 is 0. The van der Waals surface area contributed by atoms with E-state index in [0.29, 0.717) is 16.7 Å².